The van der Waals surface area contributed by atoms with E-state index in [1.165, 1.54) is 0 Å². The summed E-state index contributed by atoms with van der Waals surface area (Å²) in [6.45, 7) is 14.0. The van der Waals surface area contributed by atoms with Crippen molar-refractivity contribution >= 4 is 5.78 Å². The molecular weight excluding hydrogens is 196 g/mol. The molecule has 0 aromatic rings. The summed E-state index contributed by atoms with van der Waals surface area (Å²) in [5.41, 5.74) is 1.00. The topological polar surface area (TPSA) is 17.1 Å². The molecule has 1 rings (SSSR count). The quantitative estimate of drug-likeness (QED) is 0.650. The Balaban J connectivity index is 2.79. The molecule has 0 saturated heterocycles. The second-order valence-electron chi connectivity index (χ2n) is 5.69. The van der Waals surface area contributed by atoms with Gasteiger partial charge in [-0.1, -0.05) is 32.1 Å². The summed E-state index contributed by atoms with van der Waals surface area (Å²) in [5, 5.41) is 0. The predicted octanol–water partition coefficient (Wildman–Crippen LogP) is 4.15. The maximum atomic E-state index is 12.1. The normalized spacial score (nSPS) is 28.8. The molecule has 0 bridgehead atoms. The molecule has 0 heterocycles. The third-order valence-corrected chi connectivity index (χ3v) is 4.16. The zero-order valence-corrected chi connectivity index (χ0v) is 10.9. The molecule has 1 fully saturated rings. The number of ketones is 1. The van der Waals surface area contributed by atoms with Crippen LogP contribution in [0.3, 0.4) is 0 Å². The molecule has 0 spiro atoms. The molecule has 0 aromatic heterocycles. The Bertz CT molecular complexity index is 299. The van der Waals surface area contributed by atoms with E-state index >= 15 is 0 Å². The highest BCUT2D eigenvalue weighted by Crippen LogP contribution is 2.44. The van der Waals surface area contributed by atoms with Crippen molar-refractivity contribution < 1.29 is 4.79 Å². The second-order valence-corrected chi connectivity index (χ2v) is 5.69. The van der Waals surface area contributed by atoms with Crippen molar-refractivity contribution in [1.29, 1.82) is 0 Å². The van der Waals surface area contributed by atoms with E-state index in [0.29, 0.717) is 24.0 Å². The minimum Gasteiger partial charge on any atom is -0.299 e. The molecule has 1 nitrogen and oxygen atoms in total. The van der Waals surface area contributed by atoms with Crippen LogP contribution in [0, 0.1) is 17.3 Å². The standard InChI is InChI=1S/C15H24O/c1-6-7-8-13-9-12(11(2)3)10-14(16)15(13,4)5/h6,12-13H,1-2,7-10H2,3-5H3/t12-,13+/m0/s1. The number of allylic oxidation sites excluding steroid dienone is 2. The van der Waals surface area contributed by atoms with Crippen LogP contribution in [-0.2, 0) is 4.79 Å². The first-order chi connectivity index (χ1) is 7.39. The lowest BCUT2D eigenvalue weighted by atomic mass is 9.62. The first-order valence-corrected chi connectivity index (χ1v) is 6.19. The SMILES string of the molecule is C=CCC[C@@H]1C[C@H](C(=C)C)CC(=O)C1(C)C. The number of hydrogen-bond acceptors (Lipinski definition) is 1. The van der Waals surface area contributed by atoms with Crippen molar-refractivity contribution in [3.63, 3.8) is 0 Å². The van der Waals surface area contributed by atoms with Crippen LogP contribution < -0.4 is 0 Å². The molecule has 90 valence electrons. The first-order valence-electron chi connectivity index (χ1n) is 6.19. The van der Waals surface area contributed by atoms with Gasteiger partial charge in [0.25, 0.3) is 0 Å². The van der Waals surface area contributed by atoms with Crippen LogP contribution in [0.1, 0.15) is 46.5 Å². The Morgan fingerprint density at radius 1 is 1.56 bits per heavy atom. The van der Waals surface area contributed by atoms with Crippen LogP contribution >= 0.6 is 0 Å². The molecule has 0 aliphatic heterocycles. The third kappa shape index (κ3) is 2.63. The van der Waals surface area contributed by atoms with Gasteiger partial charge >= 0.3 is 0 Å². The van der Waals surface area contributed by atoms with Gasteiger partial charge < -0.3 is 0 Å². The molecule has 0 amide bonds. The second kappa shape index (κ2) is 4.99. The van der Waals surface area contributed by atoms with E-state index in [4.69, 9.17) is 0 Å². The Labute approximate surface area is 99.6 Å². The van der Waals surface area contributed by atoms with E-state index in [9.17, 15) is 4.79 Å². The minimum absolute atomic E-state index is 0.158. The highest BCUT2D eigenvalue weighted by Gasteiger charge is 2.42. The van der Waals surface area contributed by atoms with Gasteiger partial charge in [0.1, 0.15) is 5.78 Å². The number of rotatable bonds is 4. The fourth-order valence-electron chi connectivity index (χ4n) is 2.61. The van der Waals surface area contributed by atoms with E-state index in [1.807, 2.05) is 13.0 Å². The van der Waals surface area contributed by atoms with Gasteiger partial charge in [0.15, 0.2) is 0 Å². The van der Waals surface area contributed by atoms with Crippen LogP contribution in [0.2, 0.25) is 0 Å². The Morgan fingerprint density at radius 2 is 2.19 bits per heavy atom. The number of carbonyl (C=O) groups is 1. The summed E-state index contributed by atoms with van der Waals surface area (Å²) in [6.07, 6.45) is 5.83. The van der Waals surface area contributed by atoms with Crippen molar-refractivity contribution in [3.8, 4) is 0 Å². The van der Waals surface area contributed by atoms with E-state index in [-0.39, 0.29) is 5.41 Å². The first kappa shape index (κ1) is 13.2. The molecule has 16 heavy (non-hydrogen) atoms. The summed E-state index contributed by atoms with van der Waals surface area (Å²) in [4.78, 5) is 12.1. The summed E-state index contributed by atoms with van der Waals surface area (Å²) >= 11 is 0. The van der Waals surface area contributed by atoms with Gasteiger partial charge in [-0.3, -0.25) is 4.79 Å². The molecule has 0 N–H and O–H groups in total. The van der Waals surface area contributed by atoms with Crippen molar-refractivity contribution in [1.82, 2.24) is 0 Å². The van der Waals surface area contributed by atoms with Gasteiger partial charge in [-0.2, -0.15) is 0 Å². The average Bonchev–Trinajstić information content (AvgIpc) is 2.19. The fraction of sp³-hybridized carbons (Fsp3) is 0.667. The minimum atomic E-state index is -0.158. The molecular formula is C15H24O. The molecule has 1 saturated carbocycles. The summed E-state index contributed by atoms with van der Waals surface area (Å²) in [7, 11) is 0. The van der Waals surface area contributed by atoms with Crippen LogP contribution in [0.5, 0.6) is 0 Å². The van der Waals surface area contributed by atoms with Gasteiger partial charge in [0.2, 0.25) is 0 Å². The maximum absolute atomic E-state index is 12.1. The zero-order valence-electron chi connectivity index (χ0n) is 10.9. The Morgan fingerprint density at radius 3 is 2.69 bits per heavy atom. The molecule has 1 heteroatoms. The molecule has 0 radical (unpaired) electrons. The molecule has 2 atom stereocenters. The zero-order chi connectivity index (χ0) is 12.3. The average molecular weight is 220 g/mol. The predicted molar refractivity (Wildman–Crippen MR) is 69.2 cm³/mol. The van der Waals surface area contributed by atoms with E-state index in [1.54, 1.807) is 0 Å². The van der Waals surface area contributed by atoms with Gasteiger partial charge in [0.05, 0.1) is 0 Å². The van der Waals surface area contributed by atoms with E-state index < -0.39 is 0 Å². The van der Waals surface area contributed by atoms with Gasteiger partial charge in [-0.15, -0.1) is 6.58 Å². The summed E-state index contributed by atoms with van der Waals surface area (Å²) in [6, 6.07) is 0. The lowest BCUT2D eigenvalue weighted by Gasteiger charge is -2.41. The largest absolute Gasteiger partial charge is 0.299 e. The number of carbonyl (C=O) groups excluding carboxylic acids is 1. The van der Waals surface area contributed by atoms with Crippen LogP contribution in [0.4, 0.5) is 0 Å². The van der Waals surface area contributed by atoms with Crippen molar-refractivity contribution in [2.24, 2.45) is 17.3 Å². The highest BCUT2D eigenvalue weighted by atomic mass is 16.1. The smallest absolute Gasteiger partial charge is 0.139 e. The molecule has 1 aliphatic carbocycles. The lowest BCUT2D eigenvalue weighted by molar-refractivity contribution is -0.134. The molecule has 1 aliphatic rings. The number of hydrogen-bond donors (Lipinski definition) is 0. The number of Topliss-reactive ketones (excluding diaryl/α,β-unsaturated/α-hetero) is 1. The lowest BCUT2D eigenvalue weighted by Crippen LogP contribution is -2.40. The Hall–Kier alpha value is -0.850. The highest BCUT2D eigenvalue weighted by molar-refractivity contribution is 5.85. The molecule has 0 unspecified atom stereocenters. The van der Waals surface area contributed by atoms with Crippen LogP contribution in [0.25, 0.3) is 0 Å². The molecule has 0 aromatic carbocycles. The van der Waals surface area contributed by atoms with Crippen molar-refractivity contribution in [3.05, 3.63) is 24.8 Å². The summed E-state index contributed by atoms with van der Waals surface area (Å²) < 4.78 is 0. The Kier molecular flexibility index (Phi) is 4.12. The monoisotopic (exact) mass is 220 g/mol. The van der Waals surface area contributed by atoms with Gasteiger partial charge in [-0.25, -0.2) is 0 Å². The van der Waals surface area contributed by atoms with Gasteiger partial charge in [-0.05, 0) is 38.0 Å². The van der Waals surface area contributed by atoms with E-state index in [2.05, 4.69) is 27.0 Å². The van der Waals surface area contributed by atoms with Crippen molar-refractivity contribution in [2.75, 3.05) is 0 Å². The van der Waals surface area contributed by atoms with Gasteiger partial charge in [0, 0.05) is 11.8 Å². The van der Waals surface area contributed by atoms with E-state index in [0.717, 1.165) is 24.8 Å². The summed E-state index contributed by atoms with van der Waals surface area (Å²) in [5.74, 6) is 1.28. The third-order valence-electron chi connectivity index (χ3n) is 4.16. The van der Waals surface area contributed by atoms with Crippen LogP contribution in [0.15, 0.2) is 24.8 Å². The van der Waals surface area contributed by atoms with Crippen molar-refractivity contribution in [2.45, 2.75) is 46.5 Å². The fourth-order valence-corrected chi connectivity index (χ4v) is 2.61. The maximum Gasteiger partial charge on any atom is 0.139 e. The van der Waals surface area contributed by atoms with Crippen LogP contribution in [-0.4, -0.2) is 5.78 Å².